The van der Waals surface area contributed by atoms with Crippen LogP contribution in [-0.4, -0.2) is 10.9 Å². The number of amides is 1. The Balaban J connectivity index is 1.85. The standard InChI is InChI=1S/C18H14F2N2OS/c1-10-3-4-11(2)13(7-10)16-9-24-18(21-16)22-17(23)14-8-12(19)5-6-15(14)20/h3-9H,1-2H3,(H,21,22,23). The van der Waals surface area contributed by atoms with Crippen molar-refractivity contribution in [3.8, 4) is 11.3 Å². The molecule has 0 atom stereocenters. The number of benzene rings is 2. The van der Waals surface area contributed by atoms with Crippen LogP contribution in [0.5, 0.6) is 0 Å². The van der Waals surface area contributed by atoms with Crippen LogP contribution in [0.4, 0.5) is 13.9 Å². The Hall–Kier alpha value is -2.60. The van der Waals surface area contributed by atoms with E-state index in [1.54, 1.807) is 0 Å². The van der Waals surface area contributed by atoms with Gasteiger partial charge in [0.25, 0.3) is 5.91 Å². The van der Waals surface area contributed by atoms with Gasteiger partial charge in [0.05, 0.1) is 11.3 Å². The first-order valence-corrected chi connectivity index (χ1v) is 8.11. The van der Waals surface area contributed by atoms with Crippen LogP contribution in [0.1, 0.15) is 21.5 Å². The van der Waals surface area contributed by atoms with Gasteiger partial charge in [-0.25, -0.2) is 13.8 Å². The summed E-state index contributed by atoms with van der Waals surface area (Å²) in [6.45, 7) is 3.97. The number of thiazole rings is 1. The molecule has 1 aromatic heterocycles. The Morgan fingerprint density at radius 1 is 1.12 bits per heavy atom. The molecular formula is C18H14F2N2OS. The first-order chi connectivity index (χ1) is 11.4. The lowest BCUT2D eigenvalue weighted by atomic mass is 10.0. The van der Waals surface area contributed by atoms with Crippen LogP contribution in [0.25, 0.3) is 11.3 Å². The molecule has 0 bridgehead atoms. The van der Waals surface area contributed by atoms with Gasteiger partial charge in [0.2, 0.25) is 0 Å². The highest BCUT2D eigenvalue weighted by molar-refractivity contribution is 7.14. The summed E-state index contributed by atoms with van der Waals surface area (Å²) in [6.07, 6.45) is 0. The third-order valence-electron chi connectivity index (χ3n) is 3.57. The van der Waals surface area contributed by atoms with Gasteiger partial charge in [0.1, 0.15) is 11.6 Å². The Morgan fingerprint density at radius 2 is 1.92 bits per heavy atom. The van der Waals surface area contributed by atoms with Crippen molar-refractivity contribution in [2.45, 2.75) is 13.8 Å². The summed E-state index contributed by atoms with van der Waals surface area (Å²) in [5.74, 6) is -2.18. The second-order valence-corrected chi connectivity index (χ2v) is 6.29. The molecule has 6 heteroatoms. The average Bonchev–Trinajstić information content (AvgIpc) is 3.00. The zero-order chi connectivity index (χ0) is 17.3. The topological polar surface area (TPSA) is 42.0 Å². The van der Waals surface area contributed by atoms with Crippen molar-refractivity contribution in [3.63, 3.8) is 0 Å². The number of aryl methyl sites for hydroxylation is 2. The molecule has 0 radical (unpaired) electrons. The van der Waals surface area contributed by atoms with E-state index >= 15 is 0 Å². The SMILES string of the molecule is Cc1ccc(C)c(-c2csc(NC(=O)c3cc(F)ccc3F)n2)c1. The Bertz CT molecular complexity index is 921. The summed E-state index contributed by atoms with van der Waals surface area (Å²) in [4.78, 5) is 16.5. The maximum Gasteiger partial charge on any atom is 0.260 e. The first kappa shape index (κ1) is 16.3. The lowest BCUT2D eigenvalue weighted by molar-refractivity contribution is 0.102. The smallest absolute Gasteiger partial charge is 0.260 e. The van der Waals surface area contributed by atoms with E-state index in [0.717, 1.165) is 40.6 Å². The van der Waals surface area contributed by atoms with Crippen molar-refractivity contribution in [2.24, 2.45) is 0 Å². The summed E-state index contributed by atoms with van der Waals surface area (Å²) in [5.41, 5.74) is 3.54. The van der Waals surface area contributed by atoms with Gasteiger partial charge in [0, 0.05) is 10.9 Å². The van der Waals surface area contributed by atoms with Crippen LogP contribution < -0.4 is 5.32 Å². The number of nitrogens with one attached hydrogen (secondary N) is 1. The van der Waals surface area contributed by atoms with Gasteiger partial charge in [-0.2, -0.15) is 0 Å². The Labute approximate surface area is 142 Å². The third-order valence-corrected chi connectivity index (χ3v) is 4.32. The number of anilines is 1. The lowest BCUT2D eigenvalue weighted by Gasteiger charge is -2.05. The summed E-state index contributed by atoms with van der Waals surface area (Å²) in [5, 5.41) is 4.66. The highest BCUT2D eigenvalue weighted by Gasteiger charge is 2.15. The number of rotatable bonds is 3. The summed E-state index contributed by atoms with van der Waals surface area (Å²) in [7, 11) is 0. The molecule has 3 nitrogen and oxygen atoms in total. The monoisotopic (exact) mass is 344 g/mol. The van der Waals surface area contributed by atoms with Crippen molar-refractivity contribution >= 4 is 22.4 Å². The van der Waals surface area contributed by atoms with Crippen LogP contribution in [0, 0.1) is 25.5 Å². The molecule has 1 amide bonds. The predicted molar refractivity (Wildman–Crippen MR) is 91.3 cm³/mol. The fourth-order valence-electron chi connectivity index (χ4n) is 2.30. The molecule has 1 heterocycles. The molecule has 0 aliphatic heterocycles. The second kappa shape index (κ2) is 6.49. The van der Waals surface area contributed by atoms with E-state index in [-0.39, 0.29) is 5.56 Å². The number of hydrogen-bond donors (Lipinski definition) is 1. The molecule has 2 aromatic carbocycles. The number of hydrogen-bond acceptors (Lipinski definition) is 3. The Kier molecular flexibility index (Phi) is 4.40. The van der Waals surface area contributed by atoms with Crippen molar-refractivity contribution in [1.29, 1.82) is 0 Å². The van der Waals surface area contributed by atoms with E-state index in [2.05, 4.69) is 10.3 Å². The number of nitrogens with zero attached hydrogens (tertiary/aromatic N) is 1. The molecule has 1 N–H and O–H groups in total. The van der Waals surface area contributed by atoms with E-state index < -0.39 is 17.5 Å². The molecule has 3 rings (SSSR count). The van der Waals surface area contributed by atoms with Gasteiger partial charge >= 0.3 is 0 Å². The van der Waals surface area contributed by atoms with E-state index in [4.69, 9.17) is 0 Å². The van der Waals surface area contributed by atoms with E-state index in [0.29, 0.717) is 5.13 Å². The first-order valence-electron chi connectivity index (χ1n) is 7.23. The summed E-state index contributed by atoms with van der Waals surface area (Å²) >= 11 is 1.23. The second-order valence-electron chi connectivity index (χ2n) is 5.43. The molecule has 0 unspecified atom stereocenters. The molecule has 0 saturated carbocycles. The fraction of sp³-hybridized carbons (Fsp3) is 0.111. The summed E-state index contributed by atoms with van der Waals surface area (Å²) in [6, 6.07) is 8.79. The highest BCUT2D eigenvalue weighted by atomic mass is 32.1. The van der Waals surface area contributed by atoms with Crippen LogP contribution in [0.3, 0.4) is 0 Å². The molecule has 122 valence electrons. The molecule has 24 heavy (non-hydrogen) atoms. The molecule has 3 aromatic rings. The number of carbonyl (C=O) groups excluding carboxylic acids is 1. The zero-order valence-electron chi connectivity index (χ0n) is 13.1. The van der Waals surface area contributed by atoms with Crippen LogP contribution in [0.15, 0.2) is 41.8 Å². The highest BCUT2D eigenvalue weighted by Crippen LogP contribution is 2.28. The summed E-state index contributed by atoms with van der Waals surface area (Å²) < 4.78 is 26.8. The molecular weight excluding hydrogens is 330 g/mol. The van der Waals surface area contributed by atoms with Crippen LogP contribution in [0.2, 0.25) is 0 Å². The minimum Gasteiger partial charge on any atom is -0.298 e. The normalized spacial score (nSPS) is 10.7. The van der Waals surface area contributed by atoms with Crippen molar-refractivity contribution in [1.82, 2.24) is 4.98 Å². The van der Waals surface area contributed by atoms with Crippen LogP contribution >= 0.6 is 11.3 Å². The molecule has 0 aliphatic rings. The number of aromatic nitrogens is 1. The zero-order valence-corrected chi connectivity index (χ0v) is 13.9. The maximum atomic E-state index is 13.6. The van der Waals surface area contributed by atoms with Gasteiger partial charge in [0.15, 0.2) is 5.13 Å². The fourth-order valence-corrected chi connectivity index (χ4v) is 3.01. The largest absolute Gasteiger partial charge is 0.298 e. The van der Waals surface area contributed by atoms with Gasteiger partial charge in [-0.1, -0.05) is 17.7 Å². The molecule has 0 aliphatic carbocycles. The number of halogens is 2. The number of carbonyl (C=O) groups is 1. The minimum atomic E-state index is -0.778. The predicted octanol–water partition coefficient (Wildman–Crippen LogP) is 4.96. The average molecular weight is 344 g/mol. The molecule has 0 spiro atoms. The Morgan fingerprint density at radius 3 is 2.71 bits per heavy atom. The van der Waals surface area contributed by atoms with Gasteiger partial charge in [-0.05, 0) is 43.7 Å². The quantitative estimate of drug-likeness (QED) is 0.730. The van der Waals surface area contributed by atoms with E-state index in [1.807, 2.05) is 37.4 Å². The van der Waals surface area contributed by atoms with Crippen LogP contribution in [-0.2, 0) is 0 Å². The van der Waals surface area contributed by atoms with E-state index in [9.17, 15) is 13.6 Å². The molecule has 0 fully saturated rings. The molecule has 0 saturated heterocycles. The lowest BCUT2D eigenvalue weighted by Crippen LogP contribution is -2.14. The minimum absolute atomic E-state index is 0.333. The third kappa shape index (κ3) is 3.33. The van der Waals surface area contributed by atoms with Gasteiger partial charge in [-0.15, -0.1) is 11.3 Å². The van der Waals surface area contributed by atoms with E-state index in [1.165, 1.54) is 11.3 Å². The van der Waals surface area contributed by atoms with Crippen molar-refractivity contribution < 1.29 is 13.6 Å². The van der Waals surface area contributed by atoms with Crippen molar-refractivity contribution in [3.05, 3.63) is 70.1 Å². The maximum absolute atomic E-state index is 13.6. The van der Waals surface area contributed by atoms with Gasteiger partial charge < -0.3 is 0 Å². The van der Waals surface area contributed by atoms with Gasteiger partial charge in [-0.3, -0.25) is 10.1 Å². The van der Waals surface area contributed by atoms with Crippen molar-refractivity contribution in [2.75, 3.05) is 5.32 Å².